The first-order valence-electron chi connectivity index (χ1n) is 4.97. The summed E-state index contributed by atoms with van der Waals surface area (Å²) in [6, 6.07) is 0.625. The van der Waals surface area contributed by atoms with Gasteiger partial charge in [0.05, 0.1) is 19.3 Å². The van der Waals surface area contributed by atoms with Crippen molar-refractivity contribution < 1.29 is 9.53 Å². The standard InChI is InChI=1S/C9H16N4O2/c10-7-8(11)9(14)12-1-2-13-3-5-15-6-4-13/h8H,1-6,11H2,(H,12,14)/t8-/m1/s1. The number of nitrogens with two attached hydrogens (primary N) is 1. The Morgan fingerprint density at radius 3 is 2.87 bits per heavy atom. The summed E-state index contributed by atoms with van der Waals surface area (Å²) in [7, 11) is 0. The molecule has 15 heavy (non-hydrogen) atoms. The van der Waals surface area contributed by atoms with Gasteiger partial charge in [0.1, 0.15) is 0 Å². The Balaban J connectivity index is 2.10. The molecule has 6 nitrogen and oxygen atoms in total. The Labute approximate surface area is 89.0 Å². The van der Waals surface area contributed by atoms with E-state index >= 15 is 0 Å². The molecule has 0 aromatic carbocycles. The number of ether oxygens (including phenoxy) is 1. The maximum atomic E-state index is 11.1. The quantitative estimate of drug-likeness (QED) is 0.578. The molecule has 6 heteroatoms. The highest BCUT2D eigenvalue weighted by atomic mass is 16.5. The molecule has 1 atom stereocenters. The Kier molecular flexibility index (Phi) is 5.04. The lowest BCUT2D eigenvalue weighted by Gasteiger charge is -2.26. The lowest BCUT2D eigenvalue weighted by atomic mass is 10.3. The number of hydrogen-bond donors (Lipinski definition) is 2. The van der Waals surface area contributed by atoms with E-state index < -0.39 is 11.9 Å². The fourth-order valence-corrected chi connectivity index (χ4v) is 1.33. The number of amides is 1. The lowest BCUT2D eigenvalue weighted by Crippen LogP contribution is -2.45. The second kappa shape index (κ2) is 6.35. The van der Waals surface area contributed by atoms with Crippen molar-refractivity contribution in [1.29, 1.82) is 5.26 Å². The Morgan fingerprint density at radius 2 is 2.27 bits per heavy atom. The molecule has 0 aliphatic carbocycles. The van der Waals surface area contributed by atoms with Gasteiger partial charge in [-0.05, 0) is 0 Å². The molecule has 1 rings (SSSR count). The minimum Gasteiger partial charge on any atom is -0.379 e. The highest BCUT2D eigenvalue weighted by molar-refractivity contribution is 5.84. The number of nitrogens with zero attached hydrogens (tertiary/aromatic N) is 2. The third-order valence-electron chi connectivity index (χ3n) is 2.25. The molecule has 1 heterocycles. The Bertz CT molecular complexity index is 245. The summed E-state index contributed by atoms with van der Waals surface area (Å²) in [5.74, 6) is -0.411. The first-order chi connectivity index (χ1) is 7.24. The predicted octanol–water partition coefficient (Wildman–Crippen LogP) is -1.71. The SMILES string of the molecule is N#C[C@@H](N)C(=O)NCCN1CCOCC1. The van der Waals surface area contributed by atoms with Crippen LogP contribution in [0.1, 0.15) is 0 Å². The van der Waals surface area contributed by atoms with Crippen LogP contribution in [0.2, 0.25) is 0 Å². The highest BCUT2D eigenvalue weighted by Crippen LogP contribution is 1.94. The van der Waals surface area contributed by atoms with Crippen molar-refractivity contribution in [3.63, 3.8) is 0 Å². The van der Waals surface area contributed by atoms with Gasteiger partial charge in [-0.25, -0.2) is 0 Å². The minimum atomic E-state index is -1.06. The molecule has 0 saturated carbocycles. The van der Waals surface area contributed by atoms with Gasteiger partial charge >= 0.3 is 0 Å². The number of rotatable bonds is 4. The summed E-state index contributed by atoms with van der Waals surface area (Å²) in [5.41, 5.74) is 5.23. The van der Waals surface area contributed by atoms with Crippen LogP contribution in [-0.2, 0) is 9.53 Å². The summed E-state index contributed by atoms with van der Waals surface area (Å²) in [5, 5.41) is 11.0. The normalized spacial score (nSPS) is 19.2. The fourth-order valence-electron chi connectivity index (χ4n) is 1.33. The number of carbonyl (C=O) groups is 1. The van der Waals surface area contributed by atoms with E-state index in [1.54, 1.807) is 6.07 Å². The molecule has 3 N–H and O–H groups in total. The van der Waals surface area contributed by atoms with E-state index in [0.29, 0.717) is 6.54 Å². The van der Waals surface area contributed by atoms with E-state index in [1.165, 1.54) is 0 Å². The number of carbonyl (C=O) groups excluding carboxylic acids is 1. The summed E-state index contributed by atoms with van der Waals surface area (Å²) in [6.07, 6.45) is 0. The lowest BCUT2D eigenvalue weighted by molar-refractivity contribution is -0.121. The van der Waals surface area contributed by atoms with Gasteiger partial charge in [0.15, 0.2) is 6.04 Å². The smallest absolute Gasteiger partial charge is 0.251 e. The van der Waals surface area contributed by atoms with Crippen molar-refractivity contribution in [2.75, 3.05) is 39.4 Å². The van der Waals surface area contributed by atoms with E-state index in [2.05, 4.69) is 10.2 Å². The van der Waals surface area contributed by atoms with Gasteiger partial charge in [-0.2, -0.15) is 5.26 Å². The van der Waals surface area contributed by atoms with Crippen LogP contribution in [-0.4, -0.2) is 56.2 Å². The first kappa shape index (κ1) is 11.9. The molecule has 1 amide bonds. The van der Waals surface area contributed by atoms with Crippen LogP contribution < -0.4 is 11.1 Å². The van der Waals surface area contributed by atoms with Crippen LogP contribution in [0, 0.1) is 11.3 Å². The molecular weight excluding hydrogens is 196 g/mol. The second-order valence-electron chi connectivity index (χ2n) is 3.35. The van der Waals surface area contributed by atoms with Crippen molar-refractivity contribution in [2.45, 2.75) is 6.04 Å². The van der Waals surface area contributed by atoms with Crippen LogP contribution in [0.25, 0.3) is 0 Å². The average molecular weight is 212 g/mol. The topological polar surface area (TPSA) is 91.4 Å². The van der Waals surface area contributed by atoms with Crippen LogP contribution in [0.5, 0.6) is 0 Å². The molecule has 0 spiro atoms. The van der Waals surface area contributed by atoms with E-state index in [1.807, 2.05) is 0 Å². The van der Waals surface area contributed by atoms with Gasteiger partial charge in [0.2, 0.25) is 0 Å². The van der Waals surface area contributed by atoms with Crippen LogP contribution in [0.3, 0.4) is 0 Å². The summed E-state index contributed by atoms with van der Waals surface area (Å²) in [6.45, 7) is 4.55. The Hall–Kier alpha value is -1.16. The molecule has 1 aliphatic rings. The molecule has 1 saturated heterocycles. The Morgan fingerprint density at radius 1 is 1.60 bits per heavy atom. The van der Waals surface area contributed by atoms with Gasteiger partial charge < -0.3 is 15.8 Å². The van der Waals surface area contributed by atoms with E-state index in [0.717, 1.165) is 32.8 Å². The highest BCUT2D eigenvalue weighted by Gasteiger charge is 2.13. The molecule has 0 bridgehead atoms. The zero-order valence-electron chi connectivity index (χ0n) is 8.61. The minimum absolute atomic E-state index is 0.411. The third-order valence-corrected chi connectivity index (χ3v) is 2.25. The monoisotopic (exact) mass is 212 g/mol. The molecule has 0 aromatic heterocycles. The zero-order chi connectivity index (χ0) is 11.1. The third kappa shape index (κ3) is 4.25. The maximum absolute atomic E-state index is 11.1. The summed E-state index contributed by atoms with van der Waals surface area (Å²) < 4.78 is 5.19. The van der Waals surface area contributed by atoms with E-state index in [-0.39, 0.29) is 0 Å². The van der Waals surface area contributed by atoms with E-state index in [4.69, 9.17) is 15.7 Å². The zero-order valence-corrected chi connectivity index (χ0v) is 8.61. The maximum Gasteiger partial charge on any atom is 0.251 e. The second-order valence-corrected chi connectivity index (χ2v) is 3.35. The largest absolute Gasteiger partial charge is 0.379 e. The van der Waals surface area contributed by atoms with Crippen molar-refractivity contribution in [3.05, 3.63) is 0 Å². The molecule has 0 aromatic rings. The number of nitrogens with one attached hydrogen (secondary N) is 1. The van der Waals surface area contributed by atoms with Gasteiger partial charge in [0.25, 0.3) is 5.91 Å². The number of morpholine rings is 1. The van der Waals surface area contributed by atoms with Gasteiger partial charge in [0, 0.05) is 26.2 Å². The summed E-state index contributed by atoms with van der Waals surface area (Å²) in [4.78, 5) is 13.3. The number of nitriles is 1. The molecule has 1 aliphatic heterocycles. The van der Waals surface area contributed by atoms with Crippen molar-refractivity contribution in [2.24, 2.45) is 5.73 Å². The van der Waals surface area contributed by atoms with Gasteiger partial charge in [-0.1, -0.05) is 0 Å². The van der Waals surface area contributed by atoms with Crippen molar-refractivity contribution in [3.8, 4) is 6.07 Å². The van der Waals surface area contributed by atoms with Crippen molar-refractivity contribution >= 4 is 5.91 Å². The molecule has 84 valence electrons. The van der Waals surface area contributed by atoms with E-state index in [9.17, 15) is 4.79 Å². The molecule has 0 unspecified atom stereocenters. The fraction of sp³-hybridized carbons (Fsp3) is 0.778. The van der Waals surface area contributed by atoms with Gasteiger partial charge in [-0.3, -0.25) is 9.69 Å². The summed E-state index contributed by atoms with van der Waals surface area (Å²) >= 11 is 0. The average Bonchev–Trinajstić information content (AvgIpc) is 2.29. The van der Waals surface area contributed by atoms with Crippen molar-refractivity contribution in [1.82, 2.24) is 10.2 Å². The number of hydrogen-bond acceptors (Lipinski definition) is 5. The van der Waals surface area contributed by atoms with Crippen LogP contribution >= 0.6 is 0 Å². The molecular formula is C9H16N4O2. The predicted molar refractivity (Wildman–Crippen MR) is 53.9 cm³/mol. The first-order valence-corrected chi connectivity index (χ1v) is 4.97. The molecule has 1 fully saturated rings. The molecule has 0 radical (unpaired) electrons. The van der Waals surface area contributed by atoms with Crippen LogP contribution in [0.4, 0.5) is 0 Å². The van der Waals surface area contributed by atoms with Crippen LogP contribution in [0.15, 0.2) is 0 Å². The van der Waals surface area contributed by atoms with Gasteiger partial charge in [-0.15, -0.1) is 0 Å².